The summed E-state index contributed by atoms with van der Waals surface area (Å²) in [7, 11) is 1.72. The summed E-state index contributed by atoms with van der Waals surface area (Å²) in [6.07, 6.45) is 6.22. The van der Waals surface area contributed by atoms with Crippen LogP contribution >= 0.6 is 0 Å². The van der Waals surface area contributed by atoms with Gasteiger partial charge in [-0.2, -0.15) is 10.1 Å². The van der Waals surface area contributed by atoms with E-state index in [2.05, 4.69) is 39.5 Å². The Hall–Kier alpha value is -4.51. The molecule has 0 radical (unpaired) electrons. The summed E-state index contributed by atoms with van der Waals surface area (Å²) in [6, 6.07) is 9.16. The molecule has 11 heteroatoms. The van der Waals surface area contributed by atoms with E-state index < -0.39 is 11.7 Å². The number of hydrogen-bond acceptors (Lipinski definition) is 8. The van der Waals surface area contributed by atoms with Gasteiger partial charge in [0, 0.05) is 72.3 Å². The number of carbonyl (C=O) groups excluding carboxylic acids is 1. The molecule has 1 saturated heterocycles. The normalized spacial score (nSPS) is 18.3. The molecule has 2 aromatic carbocycles. The molecule has 206 valence electrons. The SMILES string of the molecule is C[C@@H]1CN(c2ccc(C(=O)Nc3cc(F)c4nn(C)cc4c3)c3nc(O[C@@H](C)c4ccoc4)ncc23)C[C@@H](C)N1. The van der Waals surface area contributed by atoms with Crippen LogP contribution in [0.1, 0.15) is 42.8 Å². The highest BCUT2D eigenvalue weighted by atomic mass is 19.1. The van der Waals surface area contributed by atoms with E-state index in [4.69, 9.17) is 14.1 Å². The Morgan fingerprint density at radius 1 is 1.20 bits per heavy atom. The fraction of sp³-hybridized carbons (Fsp3) is 0.310. The minimum Gasteiger partial charge on any atom is -0.472 e. The van der Waals surface area contributed by atoms with Crippen LogP contribution in [-0.2, 0) is 7.05 Å². The first-order chi connectivity index (χ1) is 19.2. The lowest BCUT2D eigenvalue weighted by molar-refractivity contribution is 0.102. The molecule has 10 nitrogen and oxygen atoms in total. The molecule has 1 fully saturated rings. The number of furan rings is 1. The topological polar surface area (TPSA) is 110 Å². The molecule has 1 aliphatic heterocycles. The molecule has 40 heavy (non-hydrogen) atoms. The van der Waals surface area contributed by atoms with Crippen LogP contribution in [0, 0.1) is 5.82 Å². The highest BCUT2D eigenvalue weighted by Crippen LogP contribution is 2.32. The van der Waals surface area contributed by atoms with Crippen molar-refractivity contribution in [2.75, 3.05) is 23.3 Å². The zero-order valence-corrected chi connectivity index (χ0v) is 22.7. The smallest absolute Gasteiger partial charge is 0.317 e. The van der Waals surface area contributed by atoms with E-state index in [-0.39, 0.29) is 17.6 Å². The number of piperazine rings is 1. The molecule has 0 unspecified atom stereocenters. The number of benzene rings is 2. The molecule has 6 rings (SSSR count). The second kappa shape index (κ2) is 10.2. The van der Waals surface area contributed by atoms with E-state index >= 15 is 0 Å². The van der Waals surface area contributed by atoms with Crippen molar-refractivity contribution in [2.24, 2.45) is 7.05 Å². The third-order valence-electron chi connectivity index (χ3n) is 7.08. The quantitative estimate of drug-likeness (QED) is 0.314. The molecule has 5 aromatic rings. The van der Waals surface area contributed by atoms with Gasteiger partial charge in [0.2, 0.25) is 0 Å². The van der Waals surface area contributed by atoms with Crippen LogP contribution in [0.25, 0.3) is 21.8 Å². The van der Waals surface area contributed by atoms with Gasteiger partial charge in [0.25, 0.3) is 5.91 Å². The van der Waals surface area contributed by atoms with Crippen molar-refractivity contribution in [3.8, 4) is 6.01 Å². The molecule has 0 aliphatic carbocycles. The molecular formula is C29H30FN7O3. The molecule has 4 heterocycles. The molecular weight excluding hydrogens is 513 g/mol. The largest absolute Gasteiger partial charge is 0.472 e. The highest BCUT2D eigenvalue weighted by Gasteiger charge is 2.25. The predicted molar refractivity (Wildman–Crippen MR) is 150 cm³/mol. The number of amides is 1. The summed E-state index contributed by atoms with van der Waals surface area (Å²) in [6.45, 7) is 7.75. The van der Waals surface area contributed by atoms with Gasteiger partial charge < -0.3 is 24.7 Å². The van der Waals surface area contributed by atoms with Crippen LogP contribution in [0.2, 0.25) is 0 Å². The van der Waals surface area contributed by atoms with Crippen LogP contribution < -0.4 is 20.3 Å². The second-order valence-corrected chi connectivity index (χ2v) is 10.4. The van der Waals surface area contributed by atoms with Gasteiger partial charge >= 0.3 is 6.01 Å². The first-order valence-electron chi connectivity index (χ1n) is 13.2. The van der Waals surface area contributed by atoms with Crippen molar-refractivity contribution < 1.29 is 18.3 Å². The summed E-state index contributed by atoms with van der Waals surface area (Å²) in [5.41, 5.74) is 3.11. The summed E-state index contributed by atoms with van der Waals surface area (Å²) in [5, 5.41) is 11.8. The lowest BCUT2D eigenvalue weighted by Gasteiger charge is -2.38. The predicted octanol–water partition coefficient (Wildman–Crippen LogP) is 4.83. The van der Waals surface area contributed by atoms with Crippen molar-refractivity contribution in [1.29, 1.82) is 0 Å². The summed E-state index contributed by atoms with van der Waals surface area (Å²) < 4.78 is 27.4. The van der Waals surface area contributed by atoms with Crippen molar-refractivity contribution in [1.82, 2.24) is 25.1 Å². The summed E-state index contributed by atoms with van der Waals surface area (Å²) in [4.78, 5) is 25.1. The minimum absolute atomic E-state index is 0.136. The molecule has 3 atom stereocenters. The molecule has 3 aromatic heterocycles. The van der Waals surface area contributed by atoms with Gasteiger partial charge in [0.1, 0.15) is 11.6 Å². The Morgan fingerprint density at radius 2 is 2.00 bits per heavy atom. The molecule has 0 spiro atoms. The highest BCUT2D eigenvalue weighted by molar-refractivity contribution is 6.14. The fourth-order valence-corrected chi connectivity index (χ4v) is 5.34. The average molecular weight is 544 g/mol. The zero-order chi connectivity index (χ0) is 28.0. The molecule has 1 amide bonds. The van der Waals surface area contributed by atoms with Gasteiger partial charge in [-0.3, -0.25) is 9.48 Å². The Kier molecular flexibility index (Phi) is 6.59. The number of fused-ring (bicyclic) bond motifs is 2. The third kappa shape index (κ3) is 4.95. The van der Waals surface area contributed by atoms with Gasteiger partial charge in [-0.1, -0.05) is 0 Å². The lowest BCUT2D eigenvalue weighted by Crippen LogP contribution is -2.54. The second-order valence-electron chi connectivity index (χ2n) is 10.4. The number of nitrogens with one attached hydrogen (secondary N) is 2. The fourth-order valence-electron chi connectivity index (χ4n) is 5.34. The zero-order valence-electron chi connectivity index (χ0n) is 22.7. The van der Waals surface area contributed by atoms with Gasteiger partial charge in [0.05, 0.1) is 23.6 Å². The van der Waals surface area contributed by atoms with E-state index in [1.54, 1.807) is 44.1 Å². The van der Waals surface area contributed by atoms with Gasteiger partial charge in [0.15, 0.2) is 5.82 Å². The Bertz CT molecular complexity index is 1690. The number of nitrogens with zero attached hydrogens (tertiary/aromatic N) is 5. The molecule has 1 aliphatic rings. The van der Waals surface area contributed by atoms with E-state index in [0.717, 1.165) is 29.7 Å². The Labute approximate surface area is 230 Å². The number of rotatable bonds is 6. The summed E-state index contributed by atoms with van der Waals surface area (Å²) >= 11 is 0. The van der Waals surface area contributed by atoms with E-state index in [9.17, 15) is 9.18 Å². The van der Waals surface area contributed by atoms with E-state index in [1.807, 2.05) is 19.1 Å². The maximum Gasteiger partial charge on any atom is 0.317 e. The lowest BCUT2D eigenvalue weighted by atomic mass is 10.0. The number of anilines is 2. The van der Waals surface area contributed by atoms with E-state index in [1.165, 1.54) is 10.7 Å². The first-order valence-corrected chi connectivity index (χ1v) is 13.2. The minimum atomic E-state index is -0.512. The molecule has 2 N–H and O–H groups in total. The van der Waals surface area contributed by atoms with Crippen LogP contribution in [0.15, 0.2) is 59.7 Å². The molecule has 0 bridgehead atoms. The monoisotopic (exact) mass is 543 g/mol. The first kappa shape index (κ1) is 25.8. The number of hydrogen-bond donors (Lipinski definition) is 2. The van der Waals surface area contributed by atoms with Crippen LogP contribution in [0.3, 0.4) is 0 Å². The van der Waals surface area contributed by atoms with Gasteiger partial charge in [-0.25, -0.2) is 9.37 Å². The van der Waals surface area contributed by atoms with Crippen LogP contribution in [0.4, 0.5) is 15.8 Å². The maximum atomic E-state index is 14.7. The van der Waals surface area contributed by atoms with Crippen molar-refractivity contribution in [2.45, 2.75) is 39.0 Å². The van der Waals surface area contributed by atoms with Crippen molar-refractivity contribution in [3.63, 3.8) is 0 Å². The standard InChI is InChI=1S/C29H30FN7O3/c1-16-12-37(13-17(2)32-16)25-6-5-22(28(38)33-21-9-20-14-36(4)35-26(20)24(30)10-21)27-23(25)11-31-29(34-27)40-18(3)19-7-8-39-15-19/h5-11,14-18,32H,12-13H2,1-4H3,(H,33,38)/t16-,17-,18+/m1/s1. The summed E-state index contributed by atoms with van der Waals surface area (Å²) in [5.74, 6) is -0.935. The number of halogens is 1. The Morgan fingerprint density at radius 3 is 2.75 bits per heavy atom. The van der Waals surface area contributed by atoms with Crippen molar-refractivity contribution >= 4 is 39.1 Å². The Balaban J connectivity index is 1.39. The van der Waals surface area contributed by atoms with Crippen LogP contribution in [0.5, 0.6) is 6.01 Å². The number of carbonyl (C=O) groups is 1. The van der Waals surface area contributed by atoms with Crippen molar-refractivity contribution in [3.05, 3.63) is 72.2 Å². The van der Waals surface area contributed by atoms with Gasteiger partial charge in [-0.15, -0.1) is 0 Å². The average Bonchev–Trinajstić information content (AvgIpc) is 3.57. The molecule has 0 saturated carbocycles. The third-order valence-corrected chi connectivity index (χ3v) is 7.08. The number of aromatic nitrogens is 4. The van der Waals surface area contributed by atoms with Crippen LogP contribution in [-0.4, -0.2) is 50.8 Å². The van der Waals surface area contributed by atoms with E-state index in [0.29, 0.717) is 34.2 Å². The number of ether oxygens (including phenoxy) is 1. The maximum absolute atomic E-state index is 14.7. The number of aryl methyl sites for hydroxylation is 1. The van der Waals surface area contributed by atoms with Gasteiger partial charge in [-0.05, 0) is 51.1 Å².